The maximum Gasteiger partial charge on any atom is 0.264 e. The van der Waals surface area contributed by atoms with Crippen LogP contribution in [0.25, 0.3) is 0 Å². The van der Waals surface area contributed by atoms with E-state index in [1.165, 1.54) is 0 Å². The molecule has 1 amide bonds. The Morgan fingerprint density at radius 2 is 2.00 bits per heavy atom. The lowest BCUT2D eigenvalue weighted by Crippen LogP contribution is -2.49. The standard InChI is InChI=1S/C16H25N3O2/c1-13-5-4-6-19(13)15(20)14(12-17)11-16(2,3)18-7-9-21-10-8-18/h11,13H,4-10H2,1-3H3/t13-/m1/s1. The van der Waals surface area contributed by atoms with Gasteiger partial charge in [0.25, 0.3) is 5.91 Å². The molecule has 0 N–H and O–H groups in total. The van der Waals surface area contributed by atoms with Gasteiger partial charge in [-0.1, -0.05) is 0 Å². The lowest BCUT2D eigenvalue weighted by molar-refractivity contribution is -0.127. The average molecular weight is 291 g/mol. The molecule has 1 atom stereocenters. The van der Waals surface area contributed by atoms with Gasteiger partial charge in [-0.2, -0.15) is 5.26 Å². The monoisotopic (exact) mass is 291 g/mol. The summed E-state index contributed by atoms with van der Waals surface area (Å²) in [6.07, 6.45) is 3.88. The second-order valence-corrected chi connectivity index (χ2v) is 6.41. The molecule has 2 aliphatic rings. The molecule has 2 heterocycles. The Hall–Kier alpha value is -1.38. The Kier molecular flexibility index (Phi) is 5.02. The lowest BCUT2D eigenvalue weighted by Gasteiger charge is -2.39. The van der Waals surface area contributed by atoms with Crippen LogP contribution < -0.4 is 0 Å². The first-order valence-electron chi connectivity index (χ1n) is 7.72. The van der Waals surface area contributed by atoms with Gasteiger partial charge in [-0.3, -0.25) is 9.69 Å². The van der Waals surface area contributed by atoms with Gasteiger partial charge >= 0.3 is 0 Å². The number of nitrogens with zero attached hydrogens (tertiary/aromatic N) is 3. The van der Waals surface area contributed by atoms with Crippen molar-refractivity contribution in [3.63, 3.8) is 0 Å². The van der Waals surface area contributed by atoms with Gasteiger partial charge in [-0.25, -0.2) is 0 Å². The molecule has 2 fully saturated rings. The van der Waals surface area contributed by atoms with Crippen molar-refractivity contribution in [3.05, 3.63) is 11.6 Å². The van der Waals surface area contributed by atoms with Crippen LogP contribution in [0.15, 0.2) is 11.6 Å². The van der Waals surface area contributed by atoms with Gasteiger partial charge in [0.15, 0.2) is 0 Å². The summed E-state index contributed by atoms with van der Waals surface area (Å²) in [4.78, 5) is 16.6. The minimum atomic E-state index is -0.312. The zero-order valence-corrected chi connectivity index (χ0v) is 13.3. The van der Waals surface area contributed by atoms with Gasteiger partial charge in [-0.05, 0) is 39.7 Å². The second kappa shape index (κ2) is 6.59. The first kappa shape index (κ1) is 16.0. The zero-order valence-electron chi connectivity index (χ0n) is 13.3. The van der Waals surface area contributed by atoms with Crippen LogP contribution in [0.3, 0.4) is 0 Å². The fraction of sp³-hybridized carbons (Fsp3) is 0.750. The molecule has 0 saturated carbocycles. The quantitative estimate of drug-likeness (QED) is 0.585. The Labute approximate surface area is 127 Å². The largest absolute Gasteiger partial charge is 0.379 e. The summed E-state index contributed by atoms with van der Waals surface area (Å²) in [5.41, 5.74) is -0.0479. The number of carbonyl (C=O) groups excluding carboxylic acids is 1. The van der Waals surface area contributed by atoms with Gasteiger partial charge in [0, 0.05) is 31.2 Å². The number of amides is 1. The summed E-state index contributed by atoms with van der Waals surface area (Å²) >= 11 is 0. The molecule has 2 rings (SSSR count). The van der Waals surface area contributed by atoms with Crippen molar-refractivity contribution in [1.29, 1.82) is 5.26 Å². The highest BCUT2D eigenvalue weighted by atomic mass is 16.5. The number of morpholine rings is 1. The molecule has 2 aliphatic heterocycles. The first-order chi connectivity index (χ1) is 9.95. The van der Waals surface area contributed by atoms with E-state index in [1.807, 2.05) is 17.9 Å². The fourth-order valence-corrected chi connectivity index (χ4v) is 3.12. The second-order valence-electron chi connectivity index (χ2n) is 6.41. The number of nitriles is 1. The highest BCUT2D eigenvalue weighted by Crippen LogP contribution is 2.23. The van der Waals surface area contributed by atoms with E-state index in [0.717, 1.165) is 32.5 Å². The lowest BCUT2D eigenvalue weighted by atomic mass is 9.98. The highest BCUT2D eigenvalue weighted by molar-refractivity contribution is 5.97. The summed E-state index contributed by atoms with van der Waals surface area (Å²) in [7, 11) is 0. The van der Waals surface area contributed by atoms with Gasteiger partial charge in [0.05, 0.1) is 13.2 Å². The number of rotatable bonds is 3. The van der Waals surface area contributed by atoms with Crippen molar-refractivity contribution in [2.24, 2.45) is 0 Å². The van der Waals surface area contributed by atoms with E-state index < -0.39 is 0 Å². The van der Waals surface area contributed by atoms with Crippen LogP contribution in [0.5, 0.6) is 0 Å². The van der Waals surface area contributed by atoms with E-state index in [4.69, 9.17) is 4.74 Å². The molecular formula is C16H25N3O2. The van der Waals surface area contributed by atoms with Crippen molar-refractivity contribution in [2.75, 3.05) is 32.8 Å². The zero-order chi connectivity index (χ0) is 15.5. The van der Waals surface area contributed by atoms with E-state index in [-0.39, 0.29) is 23.1 Å². The van der Waals surface area contributed by atoms with Crippen molar-refractivity contribution >= 4 is 5.91 Å². The van der Waals surface area contributed by atoms with Crippen LogP contribution in [0, 0.1) is 11.3 Å². The molecule has 0 bridgehead atoms. The number of carbonyl (C=O) groups is 1. The predicted octanol–water partition coefficient (Wildman–Crippen LogP) is 1.56. The number of hydrogen-bond donors (Lipinski definition) is 0. The Morgan fingerprint density at radius 1 is 1.33 bits per heavy atom. The third-order valence-electron chi connectivity index (χ3n) is 4.49. The first-order valence-corrected chi connectivity index (χ1v) is 7.72. The fourth-order valence-electron chi connectivity index (χ4n) is 3.12. The molecule has 116 valence electrons. The predicted molar refractivity (Wildman–Crippen MR) is 80.6 cm³/mol. The number of hydrogen-bond acceptors (Lipinski definition) is 4. The minimum absolute atomic E-state index is 0.121. The molecule has 0 spiro atoms. The van der Waals surface area contributed by atoms with E-state index >= 15 is 0 Å². The normalized spacial score (nSPS) is 25.0. The van der Waals surface area contributed by atoms with E-state index in [9.17, 15) is 10.1 Å². The summed E-state index contributed by atoms with van der Waals surface area (Å²) in [6.45, 7) is 9.98. The Morgan fingerprint density at radius 3 is 2.52 bits per heavy atom. The van der Waals surface area contributed by atoms with Gasteiger partial charge in [0.2, 0.25) is 0 Å². The SMILES string of the molecule is C[C@@H]1CCCN1C(=O)C(C#N)=CC(C)(C)N1CCOCC1. The summed E-state index contributed by atoms with van der Waals surface area (Å²) in [5.74, 6) is -0.121. The number of likely N-dealkylation sites (tertiary alicyclic amines) is 1. The van der Waals surface area contributed by atoms with Crippen LogP contribution in [0.2, 0.25) is 0 Å². The van der Waals surface area contributed by atoms with Crippen LogP contribution in [0.4, 0.5) is 0 Å². The molecule has 0 aromatic heterocycles. The molecular weight excluding hydrogens is 266 g/mol. The van der Waals surface area contributed by atoms with Gasteiger partial charge in [-0.15, -0.1) is 0 Å². The molecule has 0 radical (unpaired) electrons. The molecule has 0 aromatic carbocycles. The van der Waals surface area contributed by atoms with Gasteiger partial charge < -0.3 is 9.64 Å². The topological polar surface area (TPSA) is 56.6 Å². The van der Waals surface area contributed by atoms with Crippen LogP contribution in [-0.2, 0) is 9.53 Å². The number of ether oxygens (including phenoxy) is 1. The van der Waals surface area contributed by atoms with Crippen LogP contribution in [0.1, 0.15) is 33.6 Å². The third-order valence-corrected chi connectivity index (χ3v) is 4.49. The molecule has 5 nitrogen and oxygen atoms in total. The van der Waals surface area contributed by atoms with E-state index in [0.29, 0.717) is 13.2 Å². The molecule has 0 aromatic rings. The van der Waals surface area contributed by atoms with Crippen molar-refractivity contribution in [3.8, 4) is 6.07 Å². The van der Waals surface area contributed by atoms with E-state index in [2.05, 4.69) is 24.8 Å². The van der Waals surface area contributed by atoms with Crippen molar-refractivity contribution in [1.82, 2.24) is 9.80 Å². The van der Waals surface area contributed by atoms with Crippen LogP contribution in [-0.4, -0.2) is 60.1 Å². The van der Waals surface area contributed by atoms with Crippen molar-refractivity contribution < 1.29 is 9.53 Å². The molecule has 0 aliphatic carbocycles. The minimum Gasteiger partial charge on any atom is -0.379 e. The molecule has 21 heavy (non-hydrogen) atoms. The summed E-state index contributed by atoms with van der Waals surface area (Å²) in [6, 6.07) is 2.34. The molecule has 0 unspecified atom stereocenters. The molecule has 5 heteroatoms. The van der Waals surface area contributed by atoms with Crippen LogP contribution >= 0.6 is 0 Å². The van der Waals surface area contributed by atoms with Gasteiger partial charge in [0.1, 0.15) is 11.6 Å². The van der Waals surface area contributed by atoms with E-state index in [1.54, 1.807) is 0 Å². The average Bonchev–Trinajstić information content (AvgIpc) is 2.91. The Balaban J connectivity index is 2.15. The van der Waals surface area contributed by atoms with Crippen molar-refractivity contribution in [2.45, 2.75) is 45.2 Å². The smallest absolute Gasteiger partial charge is 0.264 e. The third kappa shape index (κ3) is 3.63. The Bertz CT molecular complexity index is 459. The maximum absolute atomic E-state index is 12.5. The molecule has 2 saturated heterocycles. The summed E-state index contributed by atoms with van der Waals surface area (Å²) in [5, 5.41) is 9.40. The highest BCUT2D eigenvalue weighted by Gasteiger charge is 2.31. The maximum atomic E-state index is 12.5. The summed E-state index contributed by atoms with van der Waals surface area (Å²) < 4.78 is 5.37.